The smallest absolute Gasteiger partial charge is 0.306 e. The number of allylic oxidation sites excluding steroid dienone is 2. The van der Waals surface area contributed by atoms with E-state index in [9.17, 15) is 39.0 Å². The first-order valence-corrected chi connectivity index (χ1v) is 20.2. The lowest BCUT2D eigenvalue weighted by Gasteiger charge is -2.34. The van der Waals surface area contributed by atoms with E-state index in [0.717, 1.165) is 0 Å². The predicted molar refractivity (Wildman–Crippen MR) is 215 cm³/mol. The summed E-state index contributed by atoms with van der Waals surface area (Å²) in [6.45, 7) is 6.07. The molecular weight excluding hydrogens is 718 g/mol. The Kier molecular flexibility index (Phi) is 21.4. The number of phenolic OH excluding ortho intramolecular Hbond substituents is 1. The SMILES string of the molecule is CC(C)C[C@H](CC(=O)[C@H](Cc1ccc(O)cc1)NC(=O)[C@]1(C)CCCC=CCCC[C@H](N)C(=O)N[C@@H](CCCCN)C(=O)N[C@@H](CCCCN)C(=O)N1)C(=O)O. The number of carbonyl (C=O) groups is 6. The number of nitrogens with two attached hydrogens (primary N) is 3. The van der Waals surface area contributed by atoms with E-state index < -0.39 is 71.0 Å². The number of carbonyl (C=O) groups excluding carboxylic acids is 5. The number of carboxylic acids is 1. The molecule has 1 aromatic carbocycles. The first-order valence-electron chi connectivity index (χ1n) is 20.2. The number of aromatic hydroxyl groups is 1. The highest BCUT2D eigenvalue weighted by Gasteiger charge is 2.39. The minimum atomic E-state index is -1.56. The highest BCUT2D eigenvalue weighted by atomic mass is 16.4. The molecule has 0 bridgehead atoms. The van der Waals surface area contributed by atoms with Gasteiger partial charge < -0.3 is 48.7 Å². The fourth-order valence-corrected chi connectivity index (χ4v) is 6.72. The summed E-state index contributed by atoms with van der Waals surface area (Å²) in [5.74, 6) is -4.83. The predicted octanol–water partition coefficient (Wildman–Crippen LogP) is 2.47. The highest BCUT2D eigenvalue weighted by Crippen LogP contribution is 2.22. The van der Waals surface area contributed by atoms with Crippen molar-refractivity contribution in [1.82, 2.24) is 21.3 Å². The van der Waals surface area contributed by atoms with Crippen molar-refractivity contribution < 1.29 is 39.0 Å². The molecule has 12 N–H and O–H groups in total. The van der Waals surface area contributed by atoms with Gasteiger partial charge in [0.05, 0.1) is 18.0 Å². The second-order valence-corrected chi connectivity index (χ2v) is 15.6. The topological polar surface area (TPSA) is 269 Å². The first-order chi connectivity index (χ1) is 26.6. The van der Waals surface area contributed by atoms with Crippen LogP contribution in [0.3, 0.4) is 0 Å². The standard InChI is InChI=1S/C41H67N7O8/c1-27(2)24-29(39(54)55)26-35(50)34(25-28-17-19-30(49)20-18-28)47-40(56)41(3)21-11-7-5-4-6-8-14-31(44)36(51)45-32(15-9-12-22-42)37(52)46-33(38(53)48-41)16-10-13-23-43/h4-5,17-20,27,29,31-34,49H,6-16,21-26,42-44H2,1-3H3,(H,45,51)(H,46,52)(H,47,56)(H,48,53)(H,54,55)/t29-,31+,32+,33+,34+,41+/m1/s1. The van der Waals surface area contributed by atoms with Crippen LogP contribution in [-0.4, -0.2) is 88.4 Å². The van der Waals surface area contributed by atoms with Crippen molar-refractivity contribution in [2.75, 3.05) is 13.1 Å². The molecule has 0 saturated carbocycles. The Labute approximate surface area is 331 Å². The molecule has 314 valence electrons. The van der Waals surface area contributed by atoms with Crippen LogP contribution in [0, 0.1) is 11.8 Å². The fraction of sp³-hybridized carbons (Fsp3) is 0.659. The number of hydrogen-bond donors (Lipinski definition) is 9. The van der Waals surface area contributed by atoms with Crippen LogP contribution in [0.25, 0.3) is 0 Å². The Balaban J connectivity index is 2.52. The largest absolute Gasteiger partial charge is 0.508 e. The van der Waals surface area contributed by atoms with Crippen molar-refractivity contribution in [3.63, 3.8) is 0 Å². The molecule has 6 atom stereocenters. The molecule has 0 aromatic heterocycles. The molecule has 2 rings (SSSR count). The lowest BCUT2D eigenvalue weighted by atomic mass is 9.88. The molecule has 0 saturated heterocycles. The number of benzene rings is 1. The Morgan fingerprint density at radius 3 is 2.02 bits per heavy atom. The third kappa shape index (κ3) is 17.2. The summed E-state index contributed by atoms with van der Waals surface area (Å²) in [5.41, 5.74) is 16.7. The van der Waals surface area contributed by atoms with Gasteiger partial charge in [0.2, 0.25) is 23.6 Å². The van der Waals surface area contributed by atoms with E-state index in [0.29, 0.717) is 76.4 Å². The van der Waals surface area contributed by atoms with E-state index >= 15 is 0 Å². The zero-order chi connectivity index (χ0) is 41.7. The Morgan fingerprint density at radius 1 is 0.875 bits per heavy atom. The van der Waals surface area contributed by atoms with Crippen molar-refractivity contribution in [2.45, 2.75) is 147 Å². The Morgan fingerprint density at radius 2 is 1.45 bits per heavy atom. The van der Waals surface area contributed by atoms with E-state index in [1.807, 2.05) is 26.0 Å². The van der Waals surface area contributed by atoms with Gasteiger partial charge in [0.25, 0.3) is 0 Å². The molecule has 15 nitrogen and oxygen atoms in total. The van der Waals surface area contributed by atoms with E-state index in [-0.39, 0.29) is 50.2 Å². The average Bonchev–Trinajstić information content (AvgIpc) is 3.14. The van der Waals surface area contributed by atoms with E-state index in [2.05, 4.69) is 21.3 Å². The summed E-state index contributed by atoms with van der Waals surface area (Å²) in [5, 5.41) is 31.1. The molecule has 0 aliphatic carbocycles. The molecule has 56 heavy (non-hydrogen) atoms. The zero-order valence-corrected chi connectivity index (χ0v) is 33.5. The van der Waals surface area contributed by atoms with E-state index in [4.69, 9.17) is 17.2 Å². The first kappa shape index (κ1) is 47.8. The van der Waals surface area contributed by atoms with Gasteiger partial charge in [-0.05, 0) is 134 Å². The van der Waals surface area contributed by atoms with Gasteiger partial charge in [-0.15, -0.1) is 0 Å². The van der Waals surface area contributed by atoms with Crippen LogP contribution in [0.2, 0.25) is 0 Å². The molecule has 15 heteroatoms. The van der Waals surface area contributed by atoms with Gasteiger partial charge in [0.15, 0.2) is 5.78 Å². The minimum absolute atomic E-state index is 0.0118. The fourth-order valence-electron chi connectivity index (χ4n) is 6.72. The number of aliphatic carboxylic acids is 1. The van der Waals surface area contributed by atoms with Crippen LogP contribution in [0.1, 0.15) is 116 Å². The second kappa shape index (κ2) is 25.0. The third-order valence-corrected chi connectivity index (χ3v) is 10.1. The molecule has 1 heterocycles. The van der Waals surface area contributed by atoms with Gasteiger partial charge in [0.1, 0.15) is 23.4 Å². The van der Waals surface area contributed by atoms with E-state index in [1.54, 1.807) is 19.1 Å². The molecule has 0 spiro atoms. The van der Waals surface area contributed by atoms with Gasteiger partial charge in [-0.2, -0.15) is 0 Å². The van der Waals surface area contributed by atoms with Crippen molar-refractivity contribution in [2.24, 2.45) is 29.0 Å². The number of carboxylic acid groups (broad SMARTS) is 1. The molecule has 4 amide bonds. The van der Waals surface area contributed by atoms with Gasteiger partial charge >= 0.3 is 5.97 Å². The number of ketones is 1. The van der Waals surface area contributed by atoms with Crippen molar-refractivity contribution >= 4 is 35.4 Å². The highest BCUT2D eigenvalue weighted by molar-refractivity contribution is 5.98. The summed E-state index contributed by atoms with van der Waals surface area (Å²) in [7, 11) is 0. The molecule has 1 aliphatic heterocycles. The summed E-state index contributed by atoms with van der Waals surface area (Å²) in [6.07, 6.45) is 9.55. The lowest BCUT2D eigenvalue weighted by Crippen LogP contribution is -2.63. The van der Waals surface area contributed by atoms with Gasteiger partial charge in [-0.25, -0.2) is 0 Å². The molecular formula is C41H67N7O8. The van der Waals surface area contributed by atoms with Crippen LogP contribution >= 0.6 is 0 Å². The minimum Gasteiger partial charge on any atom is -0.508 e. The Hall–Kier alpha value is -4.34. The van der Waals surface area contributed by atoms with Crippen LogP contribution in [-0.2, 0) is 35.2 Å². The van der Waals surface area contributed by atoms with Gasteiger partial charge in [0, 0.05) is 6.42 Å². The number of unbranched alkanes of at least 4 members (excludes halogenated alkanes) is 2. The van der Waals surface area contributed by atoms with Gasteiger partial charge in [-0.3, -0.25) is 28.8 Å². The summed E-state index contributed by atoms with van der Waals surface area (Å²) >= 11 is 0. The quantitative estimate of drug-likeness (QED) is 0.0771. The van der Waals surface area contributed by atoms with Crippen molar-refractivity contribution in [3.8, 4) is 5.75 Å². The Bertz CT molecular complexity index is 1450. The zero-order valence-electron chi connectivity index (χ0n) is 33.5. The summed E-state index contributed by atoms with van der Waals surface area (Å²) < 4.78 is 0. The van der Waals surface area contributed by atoms with Gasteiger partial charge in [-0.1, -0.05) is 38.1 Å². The number of amides is 4. The monoisotopic (exact) mass is 786 g/mol. The number of rotatable bonds is 18. The molecule has 0 radical (unpaired) electrons. The van der Waals surface area contributed by atoms with Crippen molar-refractivity contribution in [3.05, 3.63) is 42.0 Å². The van der Waals surface area contributed by atoms with E-state index in [1.165, 1.54) is 12.1 Å². The number of nitrogens with one attached hydrogen (secondary N) is 4. The van der Waals surface area contributed by atoms with Crippen molar-refractivity contribution in [1.29, 1.82) is 0 Å². The second-order valence-electron chi connectivity index (χ2n) is 15.6. The maximum Gasteiger partial charge on any atom is 0.306 e. The maximum atomic E-state index is 14.4. The average molecular weight is 786 g/mol. The van der Waals surface area contributed by atoms with Crippen LogP contribution in [0.5, 0.6) is 5.75 Å². The summed E-state index contributed by atoms with van der Waals surface area (Å²) in [4.78, 5) is 81.4. The number of hydrogen-bond acceptors (Lipinski definition) is 10. The molecule has 1 aromatic rings. The van der Waals surface area contributed by atoms with Crippen LogP contribution in [0.4, 0.5) is 0 Å². The maximum absolute atomic E-state index is 14.4. The molecule has 0 unspecified atom stereocenters. The van der Waals surface area contributed by atoms with Crippen LogP contribution < -0.4 is 38.5 Å². The number of phenols is 1. The summed E-state index contributed by atoms with van der Waals surface area (Å²) in [6, 6.07) is 2.12. The lowest BCUT2D eigenvalue weighted by molar-refractivity contribution is -0.144. The molecule has 0 fully saturated rings. The molecule has 1 aliphatic rings. The number of Topliss-reactive ketones (excluding diaryl/α,β-unsaturated/α-hetero) is 1. The third-order valence-electron chi connectivity index (χ3n) is 10.1. The van der Waals surface area contributed by atoms with Crippen LogP contribution in [0.15, 0.2) is 36.4 Å². The normalized spacial score (nSPS) is 22.8.